The van der Waals surface area contributed by atoms with Gasteiger partial charge in [0.2, 0.25) is 5.78 Å². The van der Waals surface area contributed by atoms with Gasteiger partial charge in [0.1, 0.15) is 11.4 Å². The van der Waals surface area contributed by atoms with Crippen molar-refractivity contribution in [3.8, 4) is 17.0 Å². The smallest absolute Gasteiger partial charge is 0.417 e. The summed E-state index contributed by atoms with van der Waals surface area (Å²) in [5.41, 5.74) is -0.219. The number of halogens is 3. The number of aromatic nitrogens is 3. The molecule has 0 atom stereocenters. The Hall–Kier alpha value is -4.60. The predicted octanol–water partition coefficient (Wildman–Crippen LogP) is 5.05. The van der Waals surface area contributed by atoms with Crippen LogP contribution in [0.2, 0.25) is 0 Å². The lowest BCUT2D eigenvalue weighted by molar-refractivity contribution is -0.137. The molecule has 0 saturated carbocycles. The molecule has 35 heavy (non-hydrogen) atoms. The third-order valence-electron chi connectivity index (χ3n) is 4.99. The number of amides is 1. The highest BCUT2D eigenvalue weighted by atomic mass is 19.4. The highest BCUT2D eigenvalue weighted by Gasteiger charge is 2.35. The summed E-state index contributed by atoms with van der Waals surface area (Å²) in [4.78, 5) is 29.1. The number of rotatable bonds is 6. The first-order chi connectivity index (χ1) is 16.8. The molecular formula is C25H17F3N4O3. The van der Waals surface area contributed by atoms with Crippen molar-refractivity contribution in [1.82, 2.24) is 15.2 Å². The number of nitrogens with one attached hydrogen (secondary N) is 1. The molecule has 4 aromatic rings. The summed E-state index contributed by atoms with van der Waals surface area (Å²) >= 11 is 0. The first-order valence-corrected chi connectivity index (χ1v) is 10.2. The molecule has 0 aliphatic rings. The predicted molar refractivity (Wildman–Crippen MR) is 121 cm³/mol. The number of alkyl halides is 3. The molecular weight excluding hydrogens is 461 g/mol. The van der Waals surface area contributed by atoms with E-state index in [0.717, 1.165) is 12.1 Å². The van der Waals surface area contributed by atoms with Crippen molar-refractivity contribution in [2.24, 2.45) is 0 Å². The maximum atomic E-state index is 13.2. The fourth-order valence-corrected chi connectivity index (χ4v) is 3.25. The van der Waals surface area contributed by atoms with Crippen LogP contribution in [0.1, 0.15) is 32.1 Å². The summed E-state index contributed by atoms with van der Waals surface area (Å²) in [6.07, 6.45) is -3.36. The Labute approximate surface area is 197 Å². The molecule has 0 aliphatic heterocycles. The van der Waals surface area contributed by atoms with Crippen LogP contribution in [-0.2, 0) is 6.18 Å². The number of hydrogen-bond acceptors (Lipinski definition) is 6. The number of carbonyl (C=O) groups is 2. The second-order valence-electron chi connectivity index (χ2n) is 7.29. The summed E-state index contributed by atoms with van der Waals surface area (Å²) in [7, 11) is 1.52. The number of methoxy groups -OCH3 is 1. The zero-order valence-corrected chi connectivity index (χ0v) is 18.2. The highest BCUT2D eigenvalue weighted by Crippen LogP contribution is 2.32. The van der Waals surface area contributed by atoms with E-state index >= 15 is 0 Å². The fraction of sp³-hybridized carbons (Fsp3) is 0.0800. The van der Waals surface area contributed by atoms with Crippen LogP contribution in [0.5, 0.6) is 5.75 Å². The Kier molecular flexibility index (Phi) is 6.54. The minimum absolute atomic E-state index is 0.0695. The van der Waals surface area contributed by atoms with Gasteiger partial charge >= 0.3 is 6.18 Å². The maximum Gasteiger partial charge on any atom is 0.417 e. The first kappa shape index (κ1) is 23.6. The largest absolute Gasteiger partial charge is 0.497 e. The number of carbonyl (C=O) groups excluding carboxylic acids is 2. The molecule has 0 fully saturated rings. The van der Waals surface area contributed by atoms with Gasteiger partial charge in [0, 0.05) is 29.1 Å². The van der Waals surface area contributed by atoms with Crippen LogP contribution >= 0.6 is 0 Å². The Morgan fingerprint density at radius 3 is 2.31 bits per heavy atom. The van der Waals surface area contributed by atoms with Gasteiger partial charge in [-0.15, -0.1) is 10.2 Å². The van der Waals surface area contributed by atoms with Gasteiger partial charge in [-0.05, 0) is 42.5 Å². The minimum Gasteiger partial charge on any atom is -0.497 e. The van der Waals surface area contributed by atoms with Crippen molar-refractivity contribution in [2.75, 3.05) is 12.4 Å². The lowest BCUT2D eigenvalue weighted by Gasteiger charge is -2.11. The Morgan fingerprint density at radius 1 is 0.886 bits per heavy atom. The Bertz CT molecular complexity index is 1370. The van der Waals surface area contributed by atoms with Crippen LogP contribution in [-0.4, -0.2) is 34.0 Å². The molecule has 0 unspecified atom stereocenters. The molecule has 1 amide bonds. The number of anilines is 1. The maximum absolute atomic E-state index is 13.2. The van der Waals surface area contributed by atoms with Gasteiger partial charge in [0.25, 0.3) is 5.91 Å². The van der Waals surface area contributed by atoms with Crippen molar-refractivity contribution in [3.05, 3.63) is 102 Å². The number of hydrogen-bond donors (Lipinski definition) is 1. The van der Waals surface area contributed by atoms with Gasteiger partial charge in [-0.1, -0.05) is 24.3 Å². The molecule has 7 nitrogen and oxygen atoms in total. The summed E-state index contributed by atoms with van der Waals surface area (Å²) in [5.74, 6) is -0.736. The van der Waals surface area contributed by atoms with E-state index in [0.29, 0.717) is 22.7 Å². The molecule has 0 bridgehead atoms. The van der Waals surface area contributed by atoms with Crippen molar-refractivity contribution in [1.29, 1.82) is 0 Å². The number of pyridine rings is 1. The third-order valence-corrected chi connectivity index (χ3v) is 4.99. The number of benzene rings is 2. The second kappa shape index (κ2) is 9.72. The second-order valence-corrected chi connectivity index (χ2v) is 7.29. The van der Waals surface area contributed by atoms with E-state index in [-0.39, 0.29) is 11.4 Å². The molecule has 2 aromatic heterocycles. The number of ketones is 1. The molecule has 0 radical (unpaired) electrons. The Morgan fingerprint density at radius 2 is 1.66 bits per heavy atom. The van der Waals surface area contributed by atoms with Crippen LogP contribution in [0.25, 0.3) is 11.3 Å². The van der Waals surface area contributed by atoms with Crippen LogP contribution in [0.3, 0.4) is 0 Å². The summed E-state index contributed by atoms with van der Waals surface area (Å²) < 4.78 is 44.8. The molecule has 4 rings (SSSR count). The van der Waals surface area contributed by atoms with Crippen LogP contribution in [0.15, 0.2) is 79.0 Å². The van der Waals surface area contributed by atoms with Gasteiger partial charge in [0.15, 0.2) is 5.69 Å². The first-order valence-electron chi connectivity index (χ1n) is 10.2. The molecule has 176 valence electrons. The monoisotopic (exact) mass is 478 g/mol. The van der Waals surface area contributed by atoms with Gasteiger partial charge in [-0.25, -0.2) is 0 Å². The zero-order valence-electron chi connectivity index (χ0n) is 18.2. The van der Waals surface area contributed by atoms with Crippen molar-refractivity contribution < 1.29 is 27.5 Å². The van der Waals surface area contributed by atoms with E-state index in [2.05, 4.69) is 20.5 Å². The van der Waals surface area contributed by atoms with E-state index in [1.807, 2.05) is 0 Å². The van der Waals surface area contributed by atoms with E-state index in [1.54, 1.807) is 30.3 Å². The van der Waals surface area contributed by atoms with Crippen molar-refractivity contribution >= 4 is 17.4 Å². The van der Waals surface area contributed by atoms with Crippen molar-refractivity contribution in [2.45, 2.75) is 6.18 Å². The van der Waals surface area contributed by atoms with E-state index < -0.39 is 29.0 Å². The van der Waals surface area contributed by atoms with E-state index in [1.165, 1.54) is 43.6 Å². The highest BCUT2D eigenvalue weighted by molar-refractivity contribution is 6.09. The molecule has 10 heteroatoms. The van der Waals surface area contributed by atoms with Gasteiger partial charge < -0.3 is 10.1 Å². The molecule has 0 spiro atoms. The lowest BCUT2D eigenvalue weighted by Crippen LogP contribution is -2.15. The normalized spacial score (nSPS) is 11.1. The quantitative estimate of drug-likeness (QED) is 0.390. The SMILES string of the molecule is COc1cccc(NC(=O)c2ccc(-c3ccc(C(=O)c4ccccc4C(F)(F)F)nc3)nn2)c1. The van der Waals surface area contributed by atoms with Crippen molar-refractivity contribution in [3.63, 3.8) is 0 Å². The topological polar surface area (TPSA) is 94.1 Å². The molecule has 0 aliphatic carbocycles. The summed E-state index contributed by atoms with van der Waals surface area (Å²) in [6, 6.07) is 17.2. The fourth-order valence-electron chi connectivity index (χ4n) is 3.25. The number of nitrogens with zero attached hydrogens (tertiary/aromatic N) is 3. The third kappa shape index (κ3) is 5.32. The molecule has 2 heterocycles. The standard InChI is InChI=1S/C25H17F3N4O3/c1-35-17-6-4-5-16(13-17)30-24(34)22-12-11-20(31-32-22)15-9-10-21(29-14-15)23(33)18-7-2-3-8-19(18)25(26,27)28/h2-14H,1H3,(H,30,34). The molecule has 0 saturated heterocycles. The summed E-state index contributed by atoms with van der Waals surface area (Å²) in [5, 5.41) is 10.6. The lowest BCUT2D eigenvalue weighted by atomic mass is 10.0. The Balaban J connectivity index is 1.49. The average molecular weight is 478 g/mol. The molecule has 2 aromatic carbocycles. The van der Waals surface area contributed by atoms with Gasteiger partial charge in [-0.3, -0.25) is 14.6 Å². The van der Waals surface area contributed by atoms with Crippen LogP contribution in [0, 0.1) is 0 Å². The van der Waals surface area contributed by atoms with Gasteiger partial charge in [-0.2, -0.15) is 13.2 Å². The van der Waals surface area contributed by atoms with Gasteiger partial charge in [0.05, 0.1) is 18.4 Å². The van der Waals surface area contributed by atoms with E-state index in [4.69, 9.17) is 4.74 Å². The summed E-state index contributed by atoms with van der Waals surface area (Å²) in [6.45, 7) is 0. The molecule has 1 N–H and O–H groups in total. The van der Waals surface area contributed by atoms with Crippen LogP contribution in [0.4, 0.5) is 18.9 Å². The van der Waals surface area contributed by atoms with Crippen LogP contribution < -0.4 is 10.1 Å². The number of ether oxygens (including phenoxy) is 1. The average Bonchev–Trinajstić information content (AvgIpc) is 2.88. The van der Waals surface area contributed by atoms with E-state index in [9.17, 15) is 22.8 Å². The minimum atomic E-state index is -4.66. The zero-order chi connectivity index (χ0) is 25.0.